The van der Waals surface area contributed by atoms with E-state index in [4.69, 9.17) is 4.74 Å². The van der Waals surface area contributed by atoms with Crippen molar-refractivity contribution in [2.24, 2.45) is 0 Å². The van der Waals surface area contributed by atoms with Gasteiger partial charge in [0.15, 0.2) is 0 Å². The largest absolute Gasteiger partial charge is 0.481 e. The second-order valence-corrected chi connectivity index (χ2v) is 4.16. The molecule has 19 heavy (non-hydrogen) atoms. The van der Waals surface area contributed by atoms with Crippen LogP contribution in [-0.4, -0.2) is 28.4 Å². The Kier molecular flexibility index (Phi) is 4.52. The van der Waals surface area contributed by atoms with E-state index >= 15 is 0 Å². The lowest BCUT2D eigenvalue weighted by Gasteiger charge is -2.20. The zero-order valence-corrected chi connectivity index (χ0v) is 11.6. The van der Waals surface area contributed by atoms with Gasteiger partial charge in [-0.05, 0) is 25.6 Å². The van der Waals surface area contributed by atoms with Crippen LogP contribution in [0.25, 0.3) is 0 Å². The first-order chi connectivity index (χ1) is 9.31. The molecule has 0 aromatic carbocycles. The molecule has 0 saturated carbocycles. The van der Waals surface area contributed by atoms with E-state index in [0.29, 0.717) is 5.88 Å². The van der Waals surface area contributed by atoms with Crippen LogP contribution in [0.1, 0.15) is 31.1 Å². The van der Waals surface area contributed by atoms with E-state index < -0.39 is 0 Å². The van der Waals surface area contributed by atoms with Gasteiger partial charge < -0.3 is 10.1 Å². The number of hydrogen-bond donors (Lipinski definition) is 1. The van der Waals surface area contributed by atoms with Gasteiger partial charge in [-0.25, -0.2) is 4.98 Å². The molecule has 1 N–H and O–H groups in total. The SMILES string of the molecule is CCNC(c1cccnc1OC)c1ccnn1CC. The van der Waals surface area contributed by atoms with Crippen molar-refractivity contribution in [2.75, 3.05) is 13.7 Å². The number of rotatable bonds is 6. The van der Waals surface area contributed by atoms with Gasteiger partial charge in [0.1, 0.15) is 0 Å². The van der Waals surface area contributed by atoms with Crippen LogP contribution in [-0.2, 0) is 6.54 Å². The summed E-state index contributed by atoms with van der Waals surface area (Å²) in [5, 5.41) is 7.80. The maximum Gasteiger partial charge on any atom is 0.218 e. The minimum atomic E-state index is 0.0381. The average molecular weight is 260 g/mol. The summed E-state index contributed by atoms with van der Waals surface area (Å²) < 4.78 is 7.35. The Morgan fingerprint density at radius 2 is 2.16 bits per heavy atom. The molecule has 102 valence electrons. The predicted molar refractivity (Wildman–Crippen MR) is 74.2 cm³/mol. The van der Waals surface area contributed by atoms with Gasteiger partial charge in [0.2, 0.25) is 5.88 Å². The number of aryl methyl sites for hydroxylation is 1. The molecular weight excluding hydrogens is 240 g/mol. The fourth-order valence-corrected chi connectivity index (χ4v) is 2.22. The van der Waals surface area contributed by atoms with Crippen molar-refractivity contribution < 1.29 is 4.74 Å². The highest BCUT2D eigenvalue weighted by Gasteiger charge is 2.21. The van der Waals surface area contributed by atoms with Crippen LogP contribution >= 0.6 is 0 Å². The molecule has 5 heteroatoms. The van der Waals surface area contributed by atoms with E-state index in [9.17, 15) is 0 Å². The number of pyridine rings is 1. The smallest absolute Gasteiger partial charge is 0.218 e. The Hall–Kier alpha value is -1.88. The van der Waals surface area contributed by atoms with Crippen molar-refractivity contribution in [2.45, 2.75) is 26.4 Å². The number of nitrogens with zero attached hydrogens (tertiary/aromatic N) is 3. The lowest BCUT2D eigenvalue weighted by Crippen LogP contribution is -2.25. The second kappa shape index (κ2) is 6.33. The fraction of sp³-hybridized carbons (Fsp3) is 0.429. The highest BCUT2D eigenvalue weighted by Crippen LogP contribution is 2.27. The van der Waals surface area contributed by atoms with E-state index in [2.05, 4.69) is 29.2 Å². The number of hydrogen-bond acceptors (Lipinski definition) is 4. The van der Waals surface area contributed by atoms with Crippen LogP contribution in [0.3, 0.4) is 0 Å². The highest BCUT2D eigenvalue weighted by atomic mass is 16.5. The summed E-state index contributed by atoms with van der Waals surface area (Å²) in [4.78, 5) is 4.27. The third-order valence-electron chi connectivity index (χ3n) is 3.06. The third-order valence-corrected chi connectivity index (χ3v) is 3.06. The molecule has 2 aromatic heterocycles. The summed E-state index contributed by atoms with van der Waals surface area (Å²) in [5.74, 6) is 0.650. The summed E-state index contributed by atoms with van der Waals surface area (Å²) in [5.41, 5.74) is 2.15. The number of ether oxygens (including phenoxy) is 1. The number of aromatic nitrogens is 3. The van der Waals surface area contributed by atoms with Crippen LogP contribution < -0.4 is 10.1 Å². The Morgan fingerprint density at radius 1 is 1.32 bits per heavy atom. The molecule has 0 bridgehead atoms. The highest BCUT2D eigenvalue weighted by molar-refractivity contribution is 5.34. The van der Waals surface area contributed by atoms with Gasteiger partial charge >= 0.3 is 0 Å². The van der Waals surface area contributed by atoms with Gasteiger partial charge in [0, 0.05) is 24.5 Å². The molecule has 0 spiro atoms. The quantitative estimate of drug-likeness (QED) is 0.863. The average Bonchev–Trinajstić information content (AvgIpc) is 2.93. The topological polar surface area (TPSA) is 52.0 Å². The van der Waals surface area contributed by atoms with Crippen molar-refractivity contribution in [3.63, 3.8) is 0 Å². The molecule has 5 nitrogen and oxygen atoms in total. The predicted octanol–water partition coefficient (Wildman–Crippen LogP) is 2.01. The molecule has 1 unspecified atom stereocenters. The summed E-state index contributed by atoms with van der Waals surface area (Å²) in [6.45, 7) is 5.87. The molecule has 0 aliphatic heterocycles. The minimum Gasteiger partial charge on any atom is -0.481 e. The van der Waals surface area contributed by atoms with Crippen LogP contribution in [0, 0.1) is 0 Å². The number of nitrogens with one attached hydrogen (secondary N) is 1. The van der Waals surface area contributed by atoms with Crippen molar-refractivity contribution in [1.29, 1.82) is 0 Å². The summed E-state index contributed by atoms with van der Waals surface area (Å²) in [6.07, 6.45) is 3.56. The van der Waals surface area contributed by atoms with Crippen molar-refractivity contribution in [1.82, 2.24) is 20.1 Å². The molecule has 0 amide bonds. The Morgan fingerprint density at radius 3 is 2.84 bits per heavy atom. The summed E-state index contributed by atoms with van der Waals surface area (Å²) in [6, 6.07) is 6.03. The lowest BCUT2D eigenvalue weighted by molar-refractivity contribution is 0.385. The van der Waals surface area contributed by atoms with Gasteiger partial charge in [-0.1, -0.05) is 13.0 Å². The first kappa shape index (κ1) is 13.5. The molecule has 2 aromatic rings. The van der Waals surface area contributed by atoms with Gasteiger partial charge in [0.25, 0.3) is 0 Å². The van der Waals surface area contributed by atoms with Crippen LogP contribution in [0.2, 0.25) is 0 Å². The van der Waals surface area contributed by atoms with Crippen LogP contribution in [0.4, 0.5) is 0 Å². The summed E-state index contributed by atoms with van der Waals surface area (Å²) >= 11 is 0. The second-order valence-electron chi connectivity index (χ2n) is 4.16. The molecule has 0 fully saturated rings. The maximum absolute atomic E-state index is 5.36. The van der Waals surface area contributed by atoms with Gasteiger partial charge in [-0.3, -0.25) is 4.68 Å². The Balaban J connectivity index is 2.45. The van der Waals surface area contributed by atoms with Crippen molar-refractivity contribution >= 4 is 0 Å². The maximum atomic E-state index is 5.36. The molecule has 2 heterocycles. The van der Waals surface area contributed by atoms with E-state index in [1.54, 1.807) is 13.3 Å². The molecular formula is C14H20N4O. The molecule has 0 aliphatic rings. The first-order valence-electron chi connectivity index (χ1n) is 6.55. The van der Waals surface area contributed by atoms with Crippen molar-refractivity contribution in [3.8, 4) is 5.88 Å². The van der Waals surface area contributed by atoms with E-state index in [1.807, 2.05) is 29.1 Å². The normalized spacial score (nSPS) is 12.4. The molecule has 0 saturated heterocycles. The van der Waals surface area contributed by atoms with Crippen LogP contribution in [0.15, 0.2) is 30.6 Å². The van der Waals surface area contributed by atoms with Gasteiger partial charge in [0.05, 0.1) is 18.8 Å². The monoisotopic (exact) mass is 260 g/mol. The van der Waals surface area contributed by atoms with Crippen LogP contribution in [0.5, 0.6) is 5.88 Å². The van der Waals surface area contributed by atoms with Crippen molar-refractivity contribution in [3.05, 3.63) is 41.9 Å². The standard InChI is InChI=1S/C14H20N4O/c1-4-15-13(12-8-10-17-18(12)5-2)11-7-6-9-16-14(11)19-3/h6-10,13,15H,4-5H2,1-3H3. The summed E-state index contributed by atoms with van der Waals surface area (Å²) in [7, 11) is 1.64. The lowest BCUT2D eigenvalue weighted by atomic mass is 10.0. The van der Waals surface area contributed by atoms with E-state index in [0.717, 1.165) is 24.3 Å². The molecule has 2 rings (SSSR count). The van der Waals surface area contributed by atoms with E-state index in [1.165, 1.54) is 0 Å². The minimum absolute atomic E-state index is 0.0381. The van der Waals surface area contributed by atoms with Gasteiger partial charge in [-0.2, -0.15) is 5.10 Å². The molecule has 0 radical (unpaired) electrons. The zero-order chi connectivity index (χ0) is 13.7. The third kappa shape index (κ3) is 2.76. The first-order valence-corrected chi connectivity index (χ1v) is 6.55. The Bertz CT molecular complexity index is 524. The fourth-order valence-electron chi connectivity index (χ4n) is 2.22. The Labute approximate surface area is 113 Å². The van der Waals surface area contributed by atoms with Gasteiger partial charge in [-0.15, -0.1) is 0 Å². The number of methoxy groups -OCH3 is 1. The zero-order valence-electron chi connectivity index (χ0n) is 11.6. The van der Waals surface area contributed by atoms with E-state index in [-0.39, 0.29) is 6.04 Å². The molecule has 1 atom stereocenters. The molecule has 0 aliphatic carbocycles.